The summed E-state index contributed by atoms with van der Waals surface area (Å²) in [6.07, 6.45) is 18.9. The molecule has 0 radical (unpaired) electrons. The van der Waals surface area contributed by atoms with Crippen LogP contribution in [0.1, 0.15) is 29.2 Å². The van der Waals surface area contributed by atoms with E-state index in [4.69, 9.17) is 22.9 Å². The van der Waals surface area contributed by atoms with Gasteiger partial charge in [0, 0.05) is 22.3 Å². The molecular formula is C44H34N2O5. The van der Waals surface area contributed by atoms with Gasteiger partial charge in [0.25, 0.3) is 0 Å². The molecule has 4 aromatic carbocycles. The van der Waals surface area contributed by atoms with Gasteiger partial charge in [0.1, 0.15) is 22.6 Å². The highest BCUT2D eigenvalue weighted by Crippen LogP contribution is 2.48. The molecule has 0 fully saturated rings. The van der Waals surface area contributed by atoms with E-state index in [9.17, 15) is 0 Å². The van der Waals surface area contributed by atoms with Gasteiger partial charge in [-0.05, 0) is 58.1 Å². The molecule has 0 aliphatic carbocycles. The van der Waals surface area contributed by atoms with E-state index in [-0.39, 0.29) is 0 Å². The fourth-order valence-electron chi connectivity index (χ4n) is 6.65. The molecule has 0 saturated carbocycles. The Balaban J connectivity index is 1.29. The average molecular weight is 671 g/mol. The Morgan fingerprint density at radius 3 is 1.96 bits per heavy atom. The number of hydrogen-bond donors (Lipinski definition) is 0. The maximum atomic E-state index is 6.47. The highest BCUT2D eigenvalue weighted by atomic mass is 16.6. The lowest BCUT2D eigenvalue weighted by atomic mass is 9.96. The largest absolute Gasteiger partial charge is 0.492 e. The number of furan rings is 2. The van der Waals surface area contributed by atoms with Crippen molar-refractivity contribution in [1.82, 2.24) is 10.3 Å². The summed E-state index contributed by atoms with van der Waals surface area (Å²) in [5.41, 5.74) is 10.4. The van der Waals surface area contributed by atoms with Crippen molar-refractivity contribution in [1.29, 1.82) is 0 Å². The number of allylic oxidation sites excluding steroid dienone is 10. The Hall–Kier alpha value is -6.60. The summed E-state index contributed by atoms with van der Waals surface area (Å²) in [6, 6.07) is 24.6. The topological polar surface area (TPSA) is 83.7 Å². The van der Waals surface area contributed by atoms with Crippen LogP contribution in [0.15, 0.2) is 141 Å². The highest BCUT2D eigenvalue weighted by molar-refractivity contribution is 6.09. The SMILES string of the molecule is C=CC=C1/C=C\Cc2ccc(cc2)-c2cc3c(OC)c4oc(cc4c(OC)c3o2)-c2ccc(cc2)\C=C/C=C(\C=C/C)c2ccc1c1nonc21. The Bertz CT molecular complexity index is 2530. The van der Waals surface area contributed by atoms with Crippen LogP contribution >= 0.6 is 0 Å². The molecule has 12 bridgehead atoms. The van der Waals surface area contributed by atoms with E-state index in [1.54, 1.807) is 20.3 Å². The number of nitrogens with zero attached hydrogens (tertiary/aromatic N) is 2. The minimum absolute atomic E-state index is 0.597. The van der Waals surface area contributed by atoms with Crippen LogP contribution in [0.3, 0.4) is 0 Å². The van der Waals surface area contributed by atoms with Crippen molar-refractivity contribution < 1.29 is 22.9 Å². The second-order valence-corrected chi connectivity index (χ2v) is 12.2. The Kier molecular flexibility index (Phi) is 8.30. The van der Waals surface area contributed by atoms with Crippen molar-refractivity contribution in [3.8, 4) is 34.1 Å². The van der Waals surface area contributed by atoms with Crippen molar-refractivity contribution in [3.05, 3.63) is 150 Å². The van der Waals surface area contributed by atoms with Gasteiger partial charge in [0.2, 0.25) is 0 Å². The number of rotatable bonds is 4. The van der Waals surface area contributed by atoms with E-state index >= 15 is 0 Å². The van der Waals surface area contributed by atoms with Crippen molar-refractivity contribution in [3.63, 3.8) is 0 Å². The van der Waals surface area contributed by atoms with E-state index in [0.717, 1.165) is 61.7 Å². The smallest absolute Gasteiger partial charge is 0.181 e. The van der Waals surface area contributed by atoms with Gasteiger partial charge in [-0.1, -0.05) is 122 Å². The molecule has 3 aromatic heterocycles. The first-order valence-electron chi connectivity index (χ1n) is 16.7. The summed E-state index contributed by atoms with van der Waals surface area (Å²) in [5.74, 6) is 2.59. The molecule has 6 aliphatic rings. The quantitative estimate of drug-likeness (QED) is 0.184. The third-order valence-corrected chi connectivity index (χ3v) is 9.10. The monoisotopic (exact) mass is 670 g/mol. The van der Waals surface area contributed by atoms with Gasteiger partial charge in [-0.25, -0.2) is 4.63 Å². The number of ether oxygens (including phenoxy) is 2. The van der Waals surface area contributed by atoms with Gasteiger partial charge in [-0.15, -0.1) is 0 Å². The first-order valence-corrected chi connectivity index (χ1v) is 16.7. The van der Waals surface area contributed by atoms with E-state index in [0.29, 0.717) is 45.2 Å². The first kappa shape index (κ1) is 31.7. The lowest BCUT2D eigenvalue weighted by molar-refractivity contribution is 0.315. The molecular weight excluding hydrogens is 636 g/mol. The van der Waals surface area contributed by atoms with Crippen LogP contribution in [0.4, 0.5) is 0 Å². The molecule has 0 amide bonds. The third-order valence-electron chi connectivity index (χ3n) is 9.10. The zero-order valence-electron chi connectivity index (χ0n) is 28.5. The van der Waals surface area contributed by atoms with Crippen LogP contribution in [0.5, 0.6) is 11.5 Å². The average Bonchev–Trinajstić information content (AvgIpc) is 3.93. The number of methoxy groups -OCH3 is 2. The highest BCUT2D eigenvalue weighted by Gasteiger charge is 2.24. The third kappa shape index (κ3) is 5.68. The van der Waals surface area contributed by atoms with E-state index < -0.39 is 0 Å². The molecule has 6 aliphatic heterocycles. The molecule has 7 heteroatoms. The lowest BCUT2D eigenvalue weighted by Crippen LogP contribution is -1.90. The molecule has 0 atom stereocenters. The molecule has 250 valence electrons. The molecule has 7 nitrogen and oxygen atoms in total. The summed E-state index contributed by atoms with van der Waals surface area (Å²) in [6.45, 7) is 5.95. The number of aromatic nitrogens is 2. The Morgan fingerprint density at radius 2 is 1.35 bits per heavy atom. The zero-order valence-corrected chi connectivity index (χ0v) is 28.5. The standard InChI is InChI=1S/C44H34N2O5/c1-5-9-29-13-7-11-27-15-19-31(20-16-27)37-25-35-41(47-3)44-36(42(48-4)43(35)49-37)26-38(50-44)32-21-17-28(18-22-32)12-8-14-30(10-6-2)34-24-23-33(29)39-40(34)46-51-45-39/h5-10,12-26H,1,11H2,2-4H3/b10-6-,12-8-,13-7-,29-9?,30-14+. The second-order valence-electron chi connectivity index (χ2n) is 12.2. The van der Waals surface area contributed by atoms with Gasteiger partial charge in [0.15, 0.2) is 22.7 Å². The van der Waals surface area contributed by atoms with Crippen molar-refractivity contribution in [2.45, 2.75) is 13.3 Å². The van der Waals surface area contributed by atoms with Crippen molar-refractivity contribution >= 4 is 50.2 Å². The van der Waals surface area contributed by atoms with Crippen LogP contribution in [0.2, 0.25) is 0 Å². The Morgan fingerprint density at radius 1 is 0.745 bits per heavy atom. The maximum Gasteiger partial charge on any atom is 0.181 e. The molecule has 7 aromatic rings. The summed E-state index contributed by atoms with van der Waals surface area (Å²) in [7, 11) is 3.29. The molecule has 51 heavy (non-hydrogen) atoms. The summed E-state index contributed by atoms with van der Waals surface area (Å²) in [5, 5.41) is 10.2. The lowest BCUT2D eigenvalue weighted by Gasteiger charge is -2.08. The number of benzene rings is 4. The first-order chi connectivity index (χ1) is 25.1. The molecule has 0 spiro atoms. The summed E-state index contributed by atoms with van der Waals surface area (Å²) < 4.78 is 30.1. The van der Waals surface area contributed by atoms with Crippen molar-refractivity contribution in [2.24, 2.45) is 0 Å². The second kappa shape index (κ2) is 13.4. The Labute approximate surface area is 294 Å². The van der Waals surface area contributed by atoms with Crippen LogP contribution in [0, 0.1) is 0 Å². The molecule has 9 heterocycles. The van der Waals surface area contributed by atoms with Gasteiger partial charge in [-0.3, -0.25) is 0 Å². The number of hydrogen-bond acceptors (Lipinski definition) is 7. The van der Waals surface area contributed by atoms with Gasteiger partial charge >= 0.3 is 0 Å². The van der Waals surface area contributed by atoms with Crippen LogP contribution < -0.4 is 9.47 Å². The van der Waals surface area contributed by atoms with Gasteiger partial charge in [-0.2, -0.15) is 0 Å². The van der Waals surface area contributed by atoms with Crippen molar-refractivity contribution in [2.75, 3.05) is 14.2 Å². The van der Waals surface area contributed by atoms with Gasteiger partial charge < -0.3 is 18.3 Å². The van der Waals surface area contributed by atoms with Crippen LogP contribution in [-0.2, 0) is 6.42 Å². The van der Waals surface area contributed by atoms with E-state index in [1.807, 2.05) is 49.4 Å². The summed E-state index contributed by atoms with van der Waals surface area (Å²) >= 11 is 0. The number of fused-ring (bicyclic) bond motifs is 2. The normalized spacial score (nSPS) is 16.4. The minimum Gasteiger partial charge on any atom is -0.492 e. The molecule has 0 saturated heterocycles. The predicted molar refractivity (Wildman–Crippen MR) is 205 cm³/mol. The minimum atomic E-state index is 0.597. The molecule has 13 rings (SSSR count). The van der Waals surface area contributed by atoms with E-state index in [2.05, 4.69) is 95.8 Å². The molecule has 0 N–H and O–H groups in total. The fourth-order valence-corrected chi connectivity index (χ4v) is 6.65. The summed E-state index contributed by atoms with van der Waals surface area (Å²) in [4.78, 5) is 0. The van der Waals surface area contributed by atoms with Crippen LogP contribution in [-0.4, -0.2) is 24.5 Å². The fraction of sp³-hybridized carbons (Fsp3) is 0.0909. The molecule has 0 unspecified atom stereocenters. The van der Waals surface area contributed by atoms with Crippen LogP contribution in [0.25, 0.3) is 72.8 Å². The van der Waals surface area contributed by atoms with Gasteiger partial charge in [0.05, 0.1) is 25.0 Å². The maximum absolute atomic E-state index is 6.47. The zero-order chi connectivity index (χ0) is 34.9. The van der Waals surface area contributed by atoms with E-state index in [1.165, 1.54) is 0 Å². The predicted octanol–water partition coefficient (Wildman–Crippen LogP) is 11.4.